The molecule has 1 aromatic heterocycles. The van der Waals surface area contributed by atoms with Crippen molar-refractivity contribution in [2.75, 3.05) is 20.2 Å². The highest BCUT2D eigenvalue weighted by Crippen LogP contribution is 2.19. The van der Waals surface area contributed by atoms with Crippen molar-refractivity contribution in [1.82, 2.24) is 15.0 Å². The van der Waals surface area contributed by atoms with Crippen LogP contribution < -0.4 is 0 Å². The number of methoxy groups -OCH3 is 1. The highest BCUT2D eigenvalue weighted by molar-refractivity contribution is 5.72. The van der Waals surface area contributed by atoms with Crippen molar-refractivity contribution in [1.29, 1.82) is 0 Å². The molecule has 0 aliphatic carbocycles. The van der Waals surface area contributed by atoms with E-state index in [0.29, 0.717) is 19.0 Å². The molecule has 0 bridgehead atoms. The minimum atomic E-state index is -0.133. The monoisotopic (exact) mass is 253 g/mol. The summed E-state index contributed by atoms with van der Waals surface area (Å²) < 4.78 is 9.94. The van der Waals surface area contributed by atoms with Crippen molar-refractivity contribution in [3.63, 3.8) is 0 Å². The summed E-state index contributed by atoms with van der Waals surface area (Å²) in [6, 6.07) is 0. The number of aromatic nitrogens is 2. The number of carbonyl (C=O) groups is 1. The van der Waals surface area contributed by atoms with Crippen molar-refractivity contribution in [2.24, 2.45) is 5.92 Å². The van der Waals surface area contributed by atoms with E-state index in [4.69, 9.17) is 9.26 Å². The summed E-state index contributed by atoms with van der Waals surface area (Å²) in [5.74, 6) is 1.45. The highest BCUT2D eigenvalue weighted by atomic mass is 16.5. The maximum atomic E-state index is 11.4. The maximum absolute atomic E-state index is 11.4. The van der Waals surface area contributed by atoms with Gasteiger partial charge in [-0.3, -0.25) is 9.69 Å². The van der Waals surface area contributed by atoms with Gasteiger partial charge in [-0.15, -0.1) is 0 Å². The Morgan fingerprint density at radius 2 is 2.39 bits per heavy atom. The molecule has 1 unspecified atom stereocenters. The smallest absolute Gasteiger partial charge is 0.310 e. The van der Waals surface area contributed by atoms with Gasteiger partial charge < -0.3 is 9.26 Å². The van der Waals surface area contributed by atoms with E-state index in [0.717, 1.165) is 18.8 Å². The minimum absolute atomic E-state index is 0.0255. The van der Waals surface area contributed by atoms with Crippen LogP contribution in [0.3, 0.4) is 0 Å². The lowest BCUT2D eigenvalue weighted by Gasteiger charge is -2.12. The molecule has 6 nitrogen and oxygen atoms in total. The van der Waals surface area contributed by atoms with Gasteiger partial charge in [-0.25, -0.2) is 0 Å². The maximum Gasteiger partial charge on any atom is 0.310 e. The van der Waals surface area contributed by atoms with Crippen LogP contribution in [0.25, 0.3) is 0 Å². The first-order valence-corrected chi connectivity index (χ1v) is 6.22. The molecule has 6 heteroatoms. The highest BCUT2D eigenvalue weighted by Gasteiger charge is 2.29. The van der Waals surface area contributed by atoms with E-state index < -0.39 is 0 Å². The fraction of sp³-hybridized carbons (Fsp3) is 0.750. The second-order valence-electron chi connectivity index (χ2n) is 4.94. The van der Waals surface area contributed by atoms with Crippen LogP contribution in [0.4, 0.5) is 0 Å². The third kappa shape index (κ3) is 2.87. The van der Waals surface area contributed by atoms with Crippen LogP contribution in [-0.2, 0) is 16.1 Å². The fourth-order valence-electron chi connectivity index (χ4n) is 2.09. The predicted molar refractivity (Wildman–Crippen MR) is 63.8 cm³/mol. The van der Waals surface area contributed by atoms with E-state index in [-0.39, 0.29) is 17.8 Å². The first kappa shape index (κ1) is 13.0. The van der Waals surface area contributed by atoms with Crippen LogP contribution in [0.15, 0.2) is 4.52 Å². The molecule has 2 rings (SSSR count). The average molecular weight is 253 g/mol. The number of carbonyl (C=O) groups excluding carboxylic acids is 1. The van der Waals surface area contributed by atoms with Gasteiger partial charge in [0.2, 0.25) is 5.89 Å². The Kier molecular flexibility index (Phi) is 3.96. The molecule has 0 N–H and O–H groups in total. The zero-order chi connectivity index (χ0) is 13.1. The number of hydrogen-bond acceptors (Lipinski definition) is 6. The van der Waals surface area contributed by atoms with Crippen LogP contribution >= 0.6 is 0 Å². The molecule has 0 aromatic carbocycles. The Morgan fingerprint density at radius 3 is 3.00 bits per heavy atom. The van der Waals surface area contributed by atoms with Gasteiger partial charge in [-0.05, 0) is 13.0 Å². The number of hydrogen-bond donors (Lipinski definition) is 0. The van der Waals surface area contributed by atoms with Gasteiger partial charge in [0.1, 0.15) is 0 Å². The van der Waals surface area contributed by atoms with Crippen LogP contribution in [0.5, 0.6) is 0 Å². The summed E-state index contributed by atoms with van der Waals surface area (Å²) in [5, 5.41) is 3.92. The molecular formula is C12H19N3O3. The molecule has 1 aliphatic rings. The lowest BCUT2D eigenvalue weighted by Crippen LogP contribution is -2.23. The van der Waals surface area contributed by atoms with Crippen LogP contribution in [0.1, 0.15) is 37.9 Å². The van der Waals surface area contributed by atoms with Crippen LogP contribution in [0.2, 0.25) is 0 Å². The molecule has 1 saturated heterocycles. The predicted octanol–water partition coefficient (Wildman–Crippen LogP) is 1.19. The topological polar surface area (TPSA) is 68.5 Å². The van der Waals surface area contributed by atoms with E-state index >= 15 is 0 Å². The molecule has 0 amide bonds. The Morgan fingerprint density at radius 1 is 1.61 bits per heavy atom. The molecule has 1 fully saturated rings. The average Bonchev–Trinajstić information content (AvgIpc) is 2.98. The van der Waals surface area contributed by atoms with Gasteiger partial charge in [0.25, 0.3) is 0 Å². The molecule has 0 saturated carbocycles. The standard InChI is InChI=1S/C12H19N3O3/c1-8(2)11-13-10(18-14-11)7-15-5-4-9(6-15)12(16)17-3/h8-9H,4-7H2,1-3H3. The first-order valence-electron chi connectivity index (χ1n) is 6.22. The van der Waals surface area contributed by atoms with E-state index in [1.165, 1.54) is 7.11 Å². The molecule has 100 valence electrons. The van der Waals surface area contributed by atoms with Gasteiger partial charge in [0, 0.05) is 12.5 Å². The lowest BCUT2D eigenvalue weighted by molar-refractivity contribution is -0.144. The molecule has 0 radical (unpaired) electrons. The fourth-order valence-corrected chi connectivity index (χ4v) is 2.09. The lowest BCUT2D eigenvalue weighted by atomic mass is 10.1. The Labute approximate surface area is 106 Å². The normalized spacial score (nSPS) is 20.6. The summed E-state index contributed by atoms with van der Waals surface area (Å²) in [5.41, 5.74) is 0. The Hall–Kier alpha value is -1.43. The number of esters is 1. The van der Waals surface area contributed by atoms with Crippen molar-refractivity contribution in [2.45, 2.75) is 32.7 Å². The van der Waals surface area contributed by atoms with E-state index in [9.17, 15) is 4.79 Å². The van der Waals surface area contributed by atoms with Crippen molar-refractivity contribution in [3.05, 3.63) is 11.7 Å². The van der Waals surface area contributed by atoms with Crippen molar-refractivity contribution < 1.29 is 14.1 Å². The molecule has 18 heavy (non-hydrogen) atoms. The number of ether oxygens (including phenoxy) is 1. The quantitative estimate of drug-likeness (QED) is 0.751. The van der Waals surface area contributed by atoms with Gasteiger partial charge in [-0.1, -0.05) is 19.0 Å². The van der Waals surface area contributed by atoms with E-state index in [1.807, 2.05) is 13.8 Å². The van der Waals surface area contributed by atoms with Gasteiger partial charge in [-0.2, -0.15) is 4.98 Å². The molecule has 1 aliphatic heterocycles. The second kappa shape index (κ2) is 5.48. The summed E-state index contributed by atoms with van der Waals surface area (Å²) in [4.78, 5) is 17.9. The van der Waals surface area contributed by atoms with E-state index in [2.05, 4.69) is 15.0 Å². The third-order valence-corrected chi connectivity index (χ3v) is 3.17. The molecular weight excluding hydrogens is 234 g/mol. The SMILES string of the molecule is COC(=O)C1CCN(Cc2nc(C(C)C)no2)C1. The Balaban J connectivity index is 1.89. The first-order chi connectivity index (χ1) is 8.60. The van der Waals surface area contributed by atoms with Gasteiger partial charge in [0.15, 0.2) is 5.82 Å². The zero-order valence-electron chi connectivity index (χ0n) is 11.0. The molecule has 0 spiro atoms. The second-order valence-corrected chi connectivity index (χ2v) is 4.94. The molecule has 1 aromatic rings. The van der Waals surface area contributed by atoms with E-state index in [1.54, 1.807) is 0 Å². The summed E-state index contributed by atoms with van der Waals surface area (Å²) in [6.07, 6.45) is 0.831. The number of nitrogens with zero attached hydrogens (tertiary/aromatic N) is 3. The molecule has 1 atom stereocenters. The van der Waals surface area contributed by atoms with Crippen LogP contribution in [-0.4, -0.2) is 41.2 Å². The largest absolute Gasteiger partial charge is 0.469 e. The minimum Gasteiger partial charge on any atom is -0.469 e. The van der Waals surface area contributed by atoms with Gasteiger partial charge in [0.05, 0.1) is 19.6 Å². The third-order valence-electron chi connectivity index (χ3n) is 3.17. The Bertz CT molecular complexity index is 416. The summed E-state index contributed by atoms with van der Waals surface area (Å²) in [6.45, 7) is 6.22. The van der Waals surface area contributed by atoms with Crippen LogP contribution in [0, 0.1) is 5.92 Å². The number of likely N-dealkylation sites (tertiary alicyclic amines) is 1. The number of rotatable bonds is 4. The summed E-state index contributed by atoms with van der Waals surface area (Å²) >= 11 is 0. The summed E-state index contributed by atoms with van der Waals surface area (Å²) in [7, 11) is 1.43. The zero-order valence-corrected chi connectivity index (χ0v) is 11.0. The molecule has 2 heterocycles. The van der Waals surface area contributed by atoms with Gasteiger partial charge >= 0.3 is 5.97 Å². The van der Waals surface area contributed by atoms with Crippen molar-refractivity contribution in [3.8, 4) is 0 Å². The van der Waals surface area contributed by atoms with Crippen molar-refractivity contribution >= 4 is 5.97 Å².